The van der Waals surface area contributed by atoms with Gasteiger partial charge in [0.1, 0.15) is 0 Å². The van der Waals surface area contributed by atoms with Crippen LogP contribution in [0, 0.1) is 11.6 Å². The molecule has 0 amide bonds. The molecule has 1 aliphatic heterocycles. The molecule has 2 rings (SSSR count). The standard InChI is InChI=1S/C12H17F2N3/c1-2-16-5-7-17(8-6-16)12-10(15)4-3-9(13)11(12)14/h3-4H,2,5-8,15H2,1H3. The first-order chi connectivity index (χ1) is 8.13. The van der Waals surface area contributed by atoms with Crippen molar-refractivity contribution in [1.29, 1.82) is 0 Å². The van der Waals surface area contributed by atoms with Gasteiger partial charge in [-0.1, -0.05) is 6.92 Å². The van der Waals surface area contributed by atoms with Crippen molar-refractivity contribution < 1.29 is 8.78 Å². The van der Waals surface area contributed by atoms with Gasteiger partial charge in [-0.15, -0.1) is 0 Å². The average Bonchev–Trinajstić information content (AvgIpc) is 2.35. The molecule has 1 aromatic rings. The summed E-state index contributed by atoms with van der Waals surface area (Å²) in [5, 5.41) is 0. The Kier molecular flexibility index (Phi) is 3.47. The molecule has 94 valence electrons. The second-order valence-electron chi connectivity index (χ2n) is 4.22. The Labute approximate surface area is 99.8 Å². The first kappa shape index (κ1) is 12.1. The van der Waals surface area contributed by atoms with Crippen molar-refractivity contribution in [3.8, 4) is 0 Å². The van der Waals surface area contributed by atoms with Gasteiger partial charge < -0.3 is 15.5 Å². The fourth-order valence-electron chi connectivity index (χ4n) is 2.16. The zero-order valence-corrected chi connectivity index (χ0v) is 9.92. The Balaban J connectivity index is 2.21. The third-order valence-corrected chi connectivity index (χ3v) is 3.24. The molecule has 0 aromatic heterocycles. The van der Waals surface area contributed by atoms with Gasteiger partial charge in [0.25, 0.3) is 0 Å². The number of nitrogen functional groups attached to an aromatic ring is 1. The number of anilines is 2. The summed E-state index contributed by atoms with van der Waals surface area (Å²) in [7, 11) is 0. The molecule has 0 atom stereocenters. The highest BCUT2D eigenvalue weighted by Crippen LogP contribution is 2.29. The minimum atomic E-state index is -0.841. The number of nitrogens with two attached hydrogens (primary N) is 1. The smallest absolute Gasteiger partial charge is 0.184 e. The van der Waals surface area contributed by atoms with Gasteiger partial charge >= 0.3 is 0 Å². The van der Waals surface area contributed by atoms with Crippen LogP contribution in [0.4, 0.5) is 20.2 Å². The molecule has 17 heavy (non-hydrogen) atoms. The molecule has 0 unspecified atom stereocenters. The van der Waals surface area contributed by atoms with Gasteiger partial charge in [-0.3, -0.25) is 0 Å². The Morgan fingerprint density at radius 1 is 1.18 bits per heavy atom. The summed E-state index contributed by atoms with van der Waals surface area (Å²) in [6, 6.07) is 2.48. The minimum absolute atomic E-state index is 0.209. The summed E-state index contributed by atoms with van der Waals surface area (Å²) in [5.74, 6) is -1.68. The van der Waals surface area contributed by atoms with Crippen molar-refractivity contribution in [2.45, 2.75) is 6.92 Å². The molecule has 0 bridgehead atoms. The summed E-state index contributed by atoms with van der Waals surface area (Å²) in [4.78, 5) is 4.09. The van der Waals surface area contributed by atoms with Crippen molar-refractivity contribution in [2.24, 2.45) is 0 Å². The van der Waals surface area contributed by atoms with E-state index in [-0.39, 0.29) is 5.69 Å². The highest BCUT2D eigenvalue weighted by Gasteiger charge is 2.22. The summed E-state index contributed by atoms with van der Waals surface area (Å²) in [6.07, 6.45) is 0. The van der Waals surface area contributed by atoms with Crippen LogP contribution in [0.3, 0.4) is 0 Å². The number of rotatable bonds is 2. The van der Waals surface area contributed by atoms with E-state index in [0.29, 0.717) is 18.8 Å². The quantitative estimate of drug-likeness (QED) is 0.800. The third-order valence-electron chi connectivity index (χ3n) is 3.24. The van der Waals surface area contributed by atoms with Crippen LogP contribution in [0.2, 0.25) is 0 Å². The van der Waals surface area contributed by atoms with E-state index in [1.807, 2.05) is 4.90 Å². The van der Waals surface area contributed by atoms with Crippen LogP contribution >= 0.6 is 0 Å². The van der Waals surface area contributed by atoms with Gasteiger partial charge in [0.15, 0.2) is 11.6 Å². The van der Waals surface area contributed by atoms with E-state index in [1.165, 1.54) is 6.07 Å². The number of halogens is 2. The third kappa shape index (κ3) is 2.34. The maximum Gasteiger partial charge on any atom is 0.184 e. The predicted molar refractivity (Wildman–Crippen MR) is 65.1 cm³/mol. The molecule has 0 saturated carbocycles. The summed E-state index contributed by atoms with van der Waals surface area (Å²) < 4.78 is 26.9. The van der Waals surface area contributed by atoms with Crippen LogP contribution in [0.1, 0.15) is 6.92 Å². The van der Waals surface area contributed by atoms with Crippen molar-refractivity contribution >= 4 is 11.4 Å². The van der Waals surface area contributed by atoms with Crippen LogP contribution in [0.25, 0.3) is 0 Å². The number of hydrogen-bond acceptors (Lipinski definition) is 3. The van der Waals surface area contributed by atoms with Crippen LogP contribution in [-0.4, -0.2) is 37.6 Å². The van der Waals surface area contributed by atoms with E-state index >= 15 is 0 Å². The van der Waals surface area contributed by atoms with Gasteiger partial charge in [0, 0.05) is 26.2 Å². The molecular weight excluding hydrogens is 224 g/mol. The first-order valence-corrected chi connectivity index (χ1v) is 5.84. The molecule has 0 radical (unpaired) electrons. The van der Waals surface area contributed by atoms with Crippen LogP contribution in [0.5, 0.6) is 0 Å². The van der Waals surface area contributed by atoms with Crippen molar-refractivity contribution in [2.75, 3.05) is 43.4 Å². The first-order valence-electron chi connectivity index (χ1n) is 5.84. The van der Waals surface area contributed by atoms with Crippen LogP contribution < -0.4 is 10.6 Å². The van der Waals surface area contributed by atoms with Gasteiger partial charge in [-0.05, 0) is 18.7 Å². The highest BCUT2D eigenvalue weighted by atomic mass is 19.2. The van der Waals surface area contributed by atoms with Crippen molar-refractivity contribution in [3.63, 3.8) is 0 Å². The summed E-state index contributed by atoms with van der Waals surface area (Å²) in [6.45, 7) is 6.14. The lowest BCUT2D eigenvalue weighted by atomic mass is 10.2. The predicted octanol–water partition coefficient (Wildman–Crippen LogP) is 1.69. The monoisotopic (exact) mass is 241 g/mol. The van der Waals surface area contributed by atoms with Crippen LogP contribution in [0.15, 0.2) is 12.1 Å². The van der Waals surface area contributed by atoms with Gasteiger partial charge in [-0.25, -0.2) is 8.78 Å². The lowest BCUT2D eigenvalue weighted by molar-refractivity contribution is 0.270. The SMILES string of the molecule is CCN1CCN(c2c(N)ccc(F)c2F)CC1. The molecule has 2 N–H and O–H groups in total. The Morgan fingerprint density at radius 2 is 1.82 bits per heavy atom. The van der Waals surface area contributed by atoms with E-state index in [0.717, 1.165) is 25.7 Å². The molecule has 0 aliphatic carbocycles. The molecule has 5 heteroatoms. The number of hydrogen-bond donors (Lipinski definition) is 1. The molecule has 0 spiro atoms. The Hall–Kier alpha value is -1.36. The fourth-order valence-corrected chi connectivity index (χ4v) is 2.16. The molecule has 1 fully saturated rings. The van der Waals surface area contributed by atoms with Gasteiger partial charge in [0.2, 0.25) is 0 Å². The largest absolute Gasteiger partial charge is 0.397 e. The number of benzene rings is 1. The second kappa shape index (κ2) is 4.87. The molecule has 1 heterocycles. The second-order valence-corrected chi connectivity index (χ2v) is 4.22. The molecular formula is C12H17F2N3. The van der Waals surface area contributed by atoms with Gasteiger partial charge in [0.05, 0.1) is 11.4 Å². The minimum Gasteiger partial charge on any atom is -0.397 e. The topological polar surface area (TPSA) is 32.5 Å². The molecule has 3 nitrogen and oxygen atoms in total. The molecule has 1 aliphatic rings. The summed E-state index contributed by atoms with van der Waals surface area (Å²) in [5.41, 5.74) is 6.24. The molecule has 1 aromatic carbocycles. The van der Waals surface area contributed by atoms with E-state index in [4.69, 9.17) is 5.73 Å². The van der Waals surface area contributed by atoms with Crippen LogP contribution in [-0.2, 0) is 0 Å². The Bertz CT molecular complexity index is 401. The lowest BCUT2D eigenvalue weighted by Gasteiger charge is -2.36. The van der Waals surface area contributed by atoms with Crippen molar-refractivity contribution in [1.82, 2.24) is 4.90 Å². The zero-order valence-electron chi connectivity index (χ0n) is 9.92. The van der Waals surface area contributed by atoms with E-state index in [1.54, 1.807) is 0 Å². The van der Waals surface area contributed by atoms with Crippen molar-refractivity contribution in [3.05, 3.63) is 23.8 Å². The average molecular weight is 241 g/mol. The summed E-state index contributed by atoms with van der Waals surface area (Å²) >= 11 is 0. The number of likely N-dealkylation sites (N-methyl/N-ethyl adjacent to an activating group) is 1. The Morgan fingerprint density at radius 3 is 2.41 bits per heavy atom. The van der Waals surface area contributed by atoms with E-state index in [9.17, 15) is 8.78 Å². The number of piperazine rings is 1. The maximum absolute atomic E-state index is 13.7. The zero-order chi connectivity index (χ0) is 12.4. The molecule has 1 saturated heterocycles. The number of nitrogens with zero attached hydrogens (tertiary/aromatic N) is 2. The fraction of sp³-hybridized carbons (Fsp3) is 0.500. The van der Waals surface area contributed by atoms with E-state index in [2.05, 4.69) is 11.8 Å². The highest BCUT2D eigenvalue weighted by molar-refractivity contribution is 5.68. The van der Waals surface area contributed by atoms with E-state index < -0.39 is 11.6 Å². The maximum atomic E-state index is 13.7. The van der Waals surface area contributed by atoms with Gasteiger partial charge in [-0.2, -0.15) is 0 Å². The normalized spacial score (nSPS) is 17.5. The lowest BCUT2D eigenvalue weighted by Crippen LogP contribution is -2.46.